The van der Waals surface area contributed by atoms with Gasteiger partial charge in [-0.25, -0.2) is 0 Å². The van der Waals surface area contributed by atoms with Gasteiger partial charge in [0.25, 0.3) is 0 Å². The molecule has 0 heterocycles. The summed E-state index contributed by atoms with van der Waals surface area (Å²) in [6.45, 7) is 0.892. The summed E-state index contributed by atoms with van der Waals surface area (Å²) in [5.41, 5.74) is 7.41. The van der Waals surface area contributed by atoms with E-state index in [-0.39, 0.29) is 12.2 Å². The lowest BCUT2D eigenvalue weighted by atomic mass is 10.0. The number of nitrogens with one attached hydrogen (secondary N) is 3. The van der Waals surface area contributed by atoms with Gasteiger partial charge in [-0.2, -0.15) is 0 Å². The summed E-state index contributed by atoms with van der Waals surface area (Å²) < 4.78 is 0. The zero-order chi connectivity index (χ0) is 24.4. The van der Waals surface area contributed by atoms with Gasteiger partial charge in [0, 0.05) is 6.42 Å². The molecule has 10 heteroatoms. The number of hydrogen-bond donors (Lipinski definition) is 6. The Kier molecular flexibility index (Phi) is 9.37. The molecular weight excluding hydrogens is 428 g/mol. The van der Waals surface area contributed by atoms with Crippen LogP contribution in [-0.4, -0.2) is 58.6 Å². The summed E-state index contributed by atoms with van der Waals surface area (Å²) in [6, 6.07) is 12.1. The highest BCUT2D eigenvalue weighted by atomic mass is 16.4. The average molecular weight is 456 g/mol. The Morgan fingerprint density at radius 1 is 0.879 bits per heavy atom. The van der Waals surface area contributed by atoms with Crippen molar-refractivity contribution in [2.45, 2.75) is 37.9 Å². The van der Waals surface area contributed by atoms with Crippen LogP contribution in [0, 0.1) is 0 Å². The van der Waals surface area contributed by atoms with Crippen molar-refractivity contribution in [3.05, 3.63) is 65.7 Å². The van der Waals surface area contributed by atoms with E-state index in [9.17, 15) is 24.3 Å². The Labute approximate surface area is 191 Å². The minimum atomic E-state index is -1.22. The van der Waals surface area contributed by atoms with Crippen molar-refractivity contribution in [3.8, 4) is 5.75 Å². The molecule has 2 aromatic rings. The van der Waals surface area contributed by atoms with Gasteiger partial charge in [-0.1, -0.05) is 42.5 Å². The number of carbonyl (C=O) groups is 4. The van der Waals surface area contributed by atoms with E-state index >= 15 is 0 Å². The number of aliphatic carboxylic acids is 1. The van der Waals surface area contributed by atoms with Crippen LogP contribution in [0.1, 0.15) is 18.1 Å². The van der Waals surface area contributed by atoms with E-state index in [4.69, 9.17) is 10.8 Å². The first-order valence-electron chi connectivity index (χ1n) is 10.3. The monoisotopic (exact) mass is 456 g/mol. The lowest BCUT2D eigenvalue weighted by Gasteiger charge is -2.20. The van der Waals surface area contributed by atoms with Crippen LogP contribution in [0.2, 0.25) is 0 Å². The van der Waals surface area contributed by atoms with Crippen molar-refractivity contribution in [1.29, 1.82) is 0 Å². The van der Waals surface area contributed by atoms with Gasteiger partial charge in [0.1, 0.15) is 17.8 Å². The van der Waals surface area contributed by atoms with E-state index in [2.05, 4.69) is 16.0 Å². The second-order valence-corrected chi connectivity index (χ2v) is 7.57. The molecular formula is C23H28N4O6. The second-order valence-electron chi connectivity index (χ2n) is 7.57. The number of phenols is 1. The third-order valence-corrected chi connectivity index (χ3v) is 4.82. The van der Waals surface area contributed by atoms with Crippen molar-refractivity contribution in [2.75, 3.05) is 6.54 Å². The summed E-state index contributed by atoms with van der Waals surface area (Å²) in [4.78, 5) is 48.3. The van der Waals surface area contributed by atoms with Crippen LogP contribution in [0.5, 0.6) is 5.75 Å². The fourth-order valence-electron chi connectivity index (χ4n) is 2.96. The van der Waals surface area contributed by atoms with E-state index in [1.807, 2.05) is 30.3 Å². The molecule has 3 amide bonds. The lowest BCUT2D eigenvalue weighted by Crippen LogP contribution is -2.54. The van der Waals surface area contributed by atoms with Crippen LogP contribution < -0.4 is 21.7 Å². The normalized spacial score (nSPS) is 13.3. The van der Waals surface area contributed by atoms with Gasteiger partial charge in [0.2, 0.25) is 17.7 Å². The highest BCUT2D eigenvalue weighted by Crippen LogP contribution is 2.11. The molecule has 3 atom stereocenters. The molecule has 0 aliphatic heterocycles. The molecule has 0 radical (unpaired) electrons. The number of carbonyl (C=O) groups excluding carboxylic acids is 3. The van der Waals surface area contributed by atoms with Crippen LogP contribution in [0.3, 0.4) is 0 Å². The molecule has 0 spiro atoms. The zero-order valence-corrected chi connectivity index (χ0v) is 18.2. The van der Waals surface area contributed by atoms with Crippen molar-refractivity contribution >= 4 is 23.7 Å². The predicted octanol–water partition coefficient (Wildman–Crippen LogP) is -0.305. The van der Waals surface area contributed by atoms with Crippen LogP contribution >= 0.6 is 0 Å². The first-order valence-corrected chi connectivity index (χ1v) is 10.3. The first-order chi connectivity index (χ1) is 15.7. The minimum absolute atomic E-state index is 0.0397. The standard InChI is InChI=1S/C23H28N4O6/c1-14(23(32)33)26-22(31)19(12-16-7-9-17(28)10-8-16)27-20(29)13-25-21(30)18(24)11-15-5-3-2-4-6-15/h2-10,14,18-19,28H,11-13,24H2,1H3,(H,25,30)(H,26,31)(H,27,29)(H,32,33). The largest absolute Gasteiger partial charge is 0.508 e. The topological polar surface area (TPSA) is 171 Å². The predicted molar refractivity (Wildman–Crippen MR) is 120 cm³/mol. The maximum atomic E-state index is 12.6. The molecule has 2 aromatic carbocycles. The summed E-state index contributed by atoms with van der Waals surface area (Å²) in [5.74, 6) is -3.04. The maximum Gasteiger partial charge on any atom is 0.325 e. The number of nitrogens with two attached hydrogens (primary N) is 1. The van der Waals surface area contributed by atoms with Crippen LogP contribution in [-0.2, 0) is 32.0 Å². The van der Waals surface area contributed by atoms with Gasteiger partial charge >= 0.3 is 5.97 Å². The Hall–Kier alpha value is -3.92. The summed E-state index contributed by atoms with van der Waals surface area (Å²) in [6.07, 6.45) is 0.346. The molecule has 0 aliphatic carbocycles. The quantitative estimate of drug-likeness (QED) is 0.269. The molecule has 0 saturated heterocycles. The minimum Gasteiger partial charge on any atom is -0.508 e. The Morgan fingerprint density at radius 3 is 2.09 bits per heavy atom. The van der Waals surface area contributed by atoms with Gasteiger partial charge in [-0.05, 0) is 36.6 Å². The molecule has 176 valence electrons. The average Bonchev–Trinajstić information content (AvgIpc) is 2.78. The fraction of sp³-hybridized carbons (Fsp3) is 0.304. The number of amides is 3. The molecule has 7 N–H and O–H groups in total. The molecule has 0 aliphatic rings. The number of benzene rings is 2. The number of carboxylic acids is 1. The van der Waals surface area contributed by atoms with E-state index in [0.717, 1.165) is 5.56 Å². The molecule has 33 heavy (non-hydrogen) atoms. The number of rotatable bonds is 11. The van der Waals surface area contributed by atoms with E-state index < -0.39 is 48.4 Å². The van der Waals surface area contributed by atoms with Crippen molar-refractivity contribution < 1.29 is 29.4 Å². The first kappa shape index (κ1) is 25.3. The summed E-state index contributed by atoms with van der Waals surface area (Å²) >= 11 is 0. The van der Waals surface area contributed by atoms with Gasteiger partial charge in [0.05, 0.1) is 12.6 Å². The van der Waals surface area contributed by atoms with Crippen molar-refractivity contribution in [1.82, 2.24) is 16.0 Å². The zero-order valence-electron chi connectivity index (χ0n) is 18.2. The van der Waals surface area contributed by atoms with Crippen LogP contribution in [0.25, 0.3) is 0 Å². The maximum absolute atomic E-state index is 12.6. The Morgan fingerprint density at radius 2 is 1.48 bits per heavy atom. The van der Waals surface area contributed by atoms with Gasteiger partial charge in [-0.15, -0.1) is 0 Å². The molecule has 10 nitrogen and oxygen atoms in total. The Bertz CT molecular complexity index is 965. The number of aromatic hydroxyl groups is 1. The SMILES string of the molecule is CC(NC(=O)C(Cc1ccc(O)cc1)NC(=O)CNC(=O)C(N)Cc1ccccc1)C(=O)O. The van der Waals surface area contributed by atoms with Gasteiger partial charge in [0.15, 0.2) is 0 Å². The number of phenolic OH excluding ortho intramolecular Hbond substituents is 1. The van der Waals surface area contributed by atoms with E-state index in [1.165, 1.54) is 19.1 Å². The third-order valence-electron chi connectivity index (χ3n) is 4.82. The molecule has 2 rings (SSSR count). The molecule has 0 saturated carbocycles. The van der Waals surface area contributed by atoms with Crippen LogP contribution in [0.15, 0.2) is 54.6 Å². The fourth-order valence-corrected chi connectivity index (χ4v) is 2.96. The highest BCUT2D eigenvalue weighted by molar-refractivity contribution is 5.92. The molecule has 0 fully saturated rings. The summed E-state index contributed by atoms with van der Waals surface area (Å²) in [7, 11) is 0. The molecule has 3 unspecified atom stereocenters. The van der Waals surface area contributed by atoms with Crippen molar-refractivity contribution in [3.63, 3.8) is 0 Å². The Balaban J connectivity index is 1.96. The lowest BCUT2D eigenvalue weighted by molar-refractivity contribution is -0.141. The highest BCUT2D eigenvalue weighted by Gasteiger charge is 2.25. The van der Waals surface area contributed by atoms with Gasteiger partial charge < -0.3 is 31.9 Å². The number of carboxylic acid groups (broad SMARTS) is 1. The van der Waals surface area contributed by atoms with Gasteiger partial charge in [-0.3, -0.25) is 19.2 Å². The second kappa shape index (κ2) is 12.2. The molecule has 0 bridgehead atoms. The van der Waals surface area contributed by atoms with E-state index in [0.29, 0.717) is 12.0 Å². The number of hydrogen-bond acceptors (Lipinski definition) is 6. The smallest absolute Gasteiger partial charge is 0.325 e. The summed E-state index contributed by atoms with van der Waals surface area (Å²) in [5, 5.41) is 25.7. The van der Waals surface area contributed by atoms with Crippen molar-refractivity contribution in [2.24, 2.45) is 5.73 Å². The third kappa shape index (κ3) is 8.62. The van der Waals surface area contributed by atoms with E-state index in [1.54, 1.807) is 12.1 Å². The molecule has 0 aromatic heterocycles. The van der Waals surface area contributed by atoms with Crippen LogP contribution in [0.4, 0.5) is 0 Å².